The lowest BCUT2D eigenvalue weighted by atomic mass is 10.4. The summed E-state index contributed by atoms with van der Waals surface area (Å²) >= 11 is 0. The summed E-state index contributed by atoms with van der Waals surface area (Å²) in [4.78, 5) is 12.7. The maximum Gasteiger partial charge on any atom is 0.315 e. The van der Waals surface area contributed by atoms with E-state index in [0.717, 1.165) is 18.6 Å². The van der Waals surface area contributed by atoms with E-state index in [1.807, 2.05) is 6.07 Å². The Bertz CT molecular complexity index is 291. The third-order valence-corrected chi connectivity index (χ3v) is 2.18. The zero-order valence-electron chi connectivity index (χ0n) is 7.27. The van der Waals surface area contributed by atoms with Crippen molar-refractivity contribution in [2.75, 3.05) is 0 Å². The molecule has 0 saturated heterocycles. The molecule has 1 aliphatic carbocycles. The van der Waals surface area contributed by atoms with Crippen LogP contribution in [0.15, 0.2) is 22.8 Å². The first-order chi connectivity index (χ1) is 6.27. The Morgan fingerprint density at radius 1 is 1.69 bits per heavy atom. The molecule has 1 saturated carbocycles. The van der Waals surface area contributed by atoms with Crippen LogP contribution in [0.2, 0.25) is 0 Å². The molecule has 1 heterocycles. The van der Waals surface area contributed by atoms with E-state index in [-0.39, 0.29) is 6.03 Å². The molecular weight excluding hydrogens is 168 g/mol. The number of urea groups is 1. The van der Waals surface area contributed by atoms with Gasteiger partial charge in [-0.25, -0.2) is 4.79 Å². The maximum atomic E-state index is 11.0. The molecule has 1 aliphatic rings. The summed E-state index contributed by atoms with van der Waals surface area (Å²) in [7, 11) is 0. The van der Waals surface area contributed by atoms with Crippen molar-refractivity contribution in [3.05, 3.63) is 24.2 Å². The van der Waals surface area contributed by atoms with E-state index >= 15 is 0 Å². The van der Waals surface area contributed by atoms with Gasteiger partial charge in [0.2, 0.25) is 0 Å². The van der Waals surface area contributed by atoms with E-state index in [0.29, 0.717) is 12.6 Å². The van der Waals surface area contributed by atoms with Crippen molar-refractivity contribution >= 4 is 6.03 Å². The average Bonchev–Trinajstić information content (AvgIpc) is 2.79. The molecular formula is C9H12N2O2. The Morgan fingerprint density at radius 2 is 2.46 bits per heavy atom. The Kier molecular flexibility index (Phi) is 1.96. The number of nitrogens with two attached hydrogens (primary N) is 1. The second-order valence-corrected chi connectivity index (χ2v) is 3.28. The first-order valence-electron chi connectivity index (χ1n) is 4.36. The average molecular weight is 180 g/mol. The van der Waals surface area contributed by atoms with Gasteiger partial charge in [-0.3, -0.25) is 0 Å². The van der Waals surface area contributed by atoms with E-state index in [9.17, 15) is 4.79 Å². The van der Waals surface area contributed by atoms with Crippen LogP contribution in [0.1, 0.15) is 18.6 Å². The highest BCUT2D eigenvalue weighted by molar-refractivity contribution is 5.72. The molecule has 13 heavy (non-hydrogen) atoms. The Labute approximate surface area is 76.3 Å². The fourth-order valence-electron chi connectivity index (χ4n) is 1.34. The lowest BCUT2D eigenvalue weighted by Crippen LogP contribution is -2.36. The van der Waals surface area contributed by atoms with Gasteiger partial charge in [0.15, 0.2) is 0 Å². The molecule has 2 N–H and O–H groups in total. The second-order valence-electron chi connectivity index (χ2n) is 3.28. The molecule has 1 aromatic heterocycles. The molecule has 0 spiro atoms. The van der Waals surface area contributed by atoms with Gasteiger partial charge in [-0.05, 0) is 25.0 Å². The van der Waals surface area contributed by atoms with Crippen LogP contribution < -0.4 is 5.73 Å². The summed E-state index contributed by atoms with van der Waals surface area (Å²) < 4.78 is 5.14. The third kappa shape index (κ3) is 1.83. The minimum Gasteiger partial charge on any atom is -0.467 e. The van der Waals surface area contributed by atoms with E-state index in [1.165, 1.54) is 0 Å². The van der Waals surface area contributed by atoms with Crippen LogP contribution in [0, 0.1) is 0 Å². The first-order valence-corrected chi connectivity index (χ1v) is 4.36. The predicted molar refractivity (Wildman–Crippen MR) is 46.9 cm³/mol. The number of amides is 2. The van der Waals surface area contributed by atoms with Gasteiger partial charge in [0.05, 0.1) is 12.8 Å². The van der Waals surface area contributed by atoms with Crippen molar-refractivity contribution in [2.24, 2.45) is 5.73 Å². The van der Waals surface area contributed by atoms with Crippen molar-refractivity contribution in [3.8, 4) is 0 Å². The van der Waals surface area contributed by atoms with Crippen molar-refractivity contribution in [1.29, 1.82) is 0 Å². The summed E-state index contributed by atoms with van der Waals surface area (Å²) in [5, 5.41) is 0. The molecule has 1 fully saturated rings. The van der Waals surface area contributed by atoms with Crippen LogP contribution in [0.5, 0.6) is 0 Å². The van der Waals surface area contributed by atoms with Gasteiger partial charge in [-0.2, -0.15) is 0 Å². The monoisotopic (exact) mass is 180 g/mol. The van der Waals surface area contributed by atoms with Crippen LogP contribution in [-0.2, 0) is 6.54 Å². The molecule has 70 valence electrons. The van der Waals surface area contributed by atoms with E-state index in [1.54, 1.807) is 17.2 Å². The minimum atomic E-state index is -0.362. The fourth-order valence-corrected chi connectivity index (χ4v) is 1.34. The number of carbonyl (C=O) groups excluding carboxylic acids is 1. The quantitative estimate of drug-likeness (QED) is 0.762. The number of hydrogen-bond donors (Lipinski definition) is 1. The SMILES string of the molecule is NC(=O)N(Cc1ccco1)C1CC1. The van der Waals surface area contributed by atoms with Gasteiger partial charge in [0, 0.05) is 6.04 Å². The molecule has 0 atom stereocenters. The number of hydrogen-bond acceptors (Lipinski definition) is 2. The van der Waals surface area contributed by atoms with E-state index < -0.39 is 0 Å². The highest BCUT2D eigenvalue weighted by Gasteiger charge is 2.31. The van der Waals surface area contributed by atoms with Crippen molar-refractivity contribution in [3.63, 3.8) is 0 Å². The molecule has 4 heteroatoms. The number of carbonyl (C=O) groups is 1. The zero-order chi connectivity index (χ0) is 9.26. The smallest absolute Gasteiger partial charge is 0.315 e. The molecule has 1 aromatic rings. The van der Waals surface area contributed by atoms with Gasteiger partial charge < -0.3 is 15.1 Å². The molecule has 0 radical (unpaired) electrons. The highest BCUT2D eigenvalue weighted by Crippen LogP contribution is 2.27. The topological polar surface area (TPSA) is 59.5 Å². The van der Waals surface area contributed by atoms with Crippen LogP contribution >= 0.6 is 0 Å². The zero-order valence-corrected chi connectivity index (χ0v) is 7.27. The summed E-state index contributed by atoms with van der Waals surface area (Å²) in [5.41, 5.74) is 5.24. The van der Waals surface area contributed by atoms with Gasteiger partial charge in [-0.15, -0.1) is 0 Å². The van der Waals surface area contributed by atoms with Gasteiger partial charge in [0.25, 0.3) is 0 Å². The third-order valence-electron chi connectivity index (χ3n) is 2.18. The molecule has 2 rings (SSSR count). The van der Waals surface area contributed by atoms with Gasteiger partial charge in [-0.1, -0.05) is 0 Å². The van der Waals surface area contributed by atoms with Gasteiger partial charge in [0.1, 0.15) is 5.76 Å². The molecule has 0 aliphatic heterocycles. The van der Waals surface area contributed by atoms with Crippen LogP contribution in [0.4, 0.5) is 4.79 Å². The maximum absolute atomic E-state index is 11.0. The summed E-state index contributed by atoms with van der Waals surface area (Å²) in [5.74, 6) is 0.783. The van der Waals surface area contributed by atoms with Crippen molar-refractivity contribution in [2.45, 2.75) is 25.4 Å². The van der Waals surface area contributed by atoms with Gasteiger partial charge >= 0.3 is 6.03 Å². The molecule has 0 unspecified atom stereocenters. The standard InChI is InChI=1S/C9H12N2O2/c10-9(12)11(7-3-4-7)6-8-2-1-5-13-8/h1-2,5,7H,3-4,6H2,(H2,10,12). The Morgan fingerprint density at radius 3 is 2.92 bits per heavy atom. The van der Waals surface area contributed by atoms with Crippen LogP contribution in [0.3, 0.4) is 0 Å². The van der Waals surface area contributed by atoms with Crippen molar-refractivity contribution < 1.29 is 9.21 Å². The lowest BCUT2D eigenvalue weighted by molar-refractivity contribution is 0.196. The Hall–Kier alpha value is -1.45. The first kappa shape index (κ1) is 8.16. The lowest BCUT2D eigenvalue weighted by Gasteiger charge is -2.17. The highest BCUT2D eigenvalue weighted by atomic mass is 16.3. The number of primary amides is 1. The summed E-state index contributed by atoms with van der Waals surface area (Å²) in [6.45, 7) is 0.493. The minimum absolute atomic E-state index is 0.336. The van der Waals surface area contributed by atoms with Crippen LogP contribution in [0.25, 0.3) is 0 Å². The van der Waals surface area contributed by atoms with Crippen molar-refractivity contribution in [1.82, 2.24) is 4.90 Å². The summed E-state index contributed by atoms with van der Waals surface area (Å²) in [6.07, 6.45) is 3.72. The fraction of sp³-hybridized carbons (Fsp3) is 0.444. The molecule has 2 amide bonds. The predicted octanol–water partition coefficient (Wildman–Crippen LogP) is 1.32. The normalized spacial score (nSPS) is 15.7. The second kappa shape index (κ2) is 3.12. The van der Waals surface area contributed by atoms with E-state index in [2.05, 4.69) is 0 Å². The number of rotatable bonds is 3. The van der Waals surface area contributed by atoms with E-state index in [4.69, 9.17) is 10.2 Å². The number of furan rings is 1. The largest absolute Gasteiger partial charge is 0.467 e. The molecule has 4 nitrogen and oxygen atoms in total. The summed E-state index contributed by atoms with van der Waals surface area (Å²) in [6, 6.07) is 3.63. The Balaban J connectivity index is 2.01. The molecule has 0 bridgehead atoms. The molecule has 0 aromatic carbocycles. The van der Waals surface area contributed by atoms with Crippen LogP contribution in [-0.4, -0.2) is 17.0 Å². The number of nitrogens with zero attached hydrogens (tertiary/aromatic N) is 1.